The van der Waals surface area contributed by atoms with Crippen LogP contribution in [0.4, 0.5) is 0 Å². The first-order chi connectivity index (χ1) is 9.33. The van der Waals surface area contributed by atoms with Crippen LogP contribution < -0.4 is 9.47 Å². The predicted molar refractivity (Wildman–Crippen MR) is 78.8 cm³/mol. The lowest BCUT2D eigenvalue weighted by molar-refractivity contribution is 0.269. The van der Waals surface area contributed by atoms with Gasteiger partial charge in [0.2, 0.25) is 0 Å². The molecule has 1 aromatic carbocycles. The molecule has 1 aromatic heterocycles. The molecule has 0 bridgehead atoms. The Labute approximate surface area is 121 Å². The van der Waals surface area contributed by atoms with Gasteiger partial charge in [-0.3, -0.25) is 4.98 Å². The van der Waals surface area contributed by atoms with Crippen molar-refractivity contribution in [1.29, 1.82) is 0 Å². The summed E-state index contributed by atoms with van der Waals surface area (Å²) in [6.07, 6.45) is 3.52. The van der Waals surface area contributed by atoms with Gasteiger partial charge in [-0.05, 0) is 42.3 Å². The van der Waals surface area contributed by atoms with Gasteiger partial charge in [0.15, 0.2) is 11.5 Å². The lowest BCUT2D eigenvalue weighted by atomic mass is 10.2. The van der Waals surface area contributed by atoms with Crippen LogP contribution in [0.3, 0.4) is 0 Å². The third-order valence-electron chi connectivity index (χ3n) is 2.61. The molecule has 0 aliphatic heterocycles. The van der Waals surface area contributed by atoms with Gasteiger partial charge in [0.1, 0.15) is 6.61 Å². The standard InChI is InChI=1S/C15H16BrNO2/c1-2-18-15-9-13(10-16)3-4-14(15)19-11-12-5-7-17-8-6-12/h3-9H,2,10-11H2,1H3. The monoisotopic (exact) mass is 321 g/mol. The number of hydrogen-bond acceptors (Lipinski definition) is 3. The Bertz CT molecular complexity index is 517. The van der Waals surface area contributed by atoms with Crippen molar-refractivity contribution in [2.75, 3.05) is 6.61 Å². The second kappa shape index (κ2) is 7.14. The Morgan fingerprint density at radius 2 is 1.79 bits per heavy atom. The third kappa shape index (κ3) is 3.96. The molecule has 0 saturated heterocycles. The minimum Gasteiger partial charge on any atom is -0.490 e. The quantitative estimate of drug-likeness (QED) is 0.755. The Hall–Kier alpha value is -1.55. The summed E-state index contributed by atoms with van der Waals surface area (Å²) in [5, 5.41) is 0.803. The number of alkyl halides is 1. The van der Waals surface area contributed by atoms with Crippen molar-refractivity contribution >= 4 is 15.9 Å². The fourth-order valence-electron chi connectivity index (χ4n) is 1.66. The van der Waals surface area contributed by atoms with Crippen LogP contribution in [-0.4, -0.2) is 11.6 Å². The summed E-state index contributed by atoms with van der Waals surface area (Å²) >= 11 is 3.44. The lowest BCUT2D eigenvalue weighted by Crippen LogP contribution is -2.00. The van der Waals surface area contributed by atoms with Crippen molar-refractivity contribution in [1.82, 2.24) is 4.98 Å². The van der Waals surface area contributed by atoms with Gasteiger partial charge in [-0.1, -0.05) is 22.0 Å². The molecule has 0 unspecified atom stereocenters. The summed E-state index contributed by atoms with van der Waals surface area (Å²) in [5.74, 6) is 1.55. The van der Waals surface area contributed by atoms with Crippen LogP contribution in [0.2, 0.25) is 0 Å². The van der Waals surface area contributed by atoms with Crippen LogP contribution in [0.25, 0.3) is 0 Å². The molecule has 0 fully saturated rings. The van der Waals surface area contributed by atoms with Gasteiger partial charge in [-0.25, -0.2) is 0 Å². The van der Waals surface area contributed by atoms with Gasteiger partial charge in [0, 0.05) is 17.7 Å². The fourth-order valence-corrected chi connectivity index (χ4v) is 2.01. The Morgan fingerprint density at radius 1 is 1.00 bits per heavy atom. The Kier molecular flexibility index (Phi) is 5.21. The number of ether oxygens (including phenoxy) is 2. The van der Waals surface area contributed by atoms with Gasteiger partial charge < -0.3 is 9.47 Å². The first-order valence-electron chi connectivity index (χ1n) is 6.17. The minimum absolute atomic E-state index is 0.510. The van der Waals surface area contributed by atoms with E-state index in [-0.39, 0.29) is 0 Å². The zero-order valence-corrected chi connectivity index (χ0v) is 12.4. The van der Waals surface area contributed by atoms with Crippen LogP contribution in [0, 0.1) is 0 Å². The van der Waals surface area contributed by atoms with Crippen molar-refractivity contribution in [2.45, 2.75) is 18.9 Å². The molecule has 0 saturated carbocycles. The second-order valence-corrected chi connectivity index (χ2v) is 4.55. The number of nitrogens with zero attached hydrogens (tertiary/aromatic N) is 1. The molecule has 0 aliphatic rings. The molecule has 0 N–H and O–H groups in total. The number of benzene rings is 1. The molecule has 2 rings (SSSR count). The van der Waals surface area contributed by atoms with E-state index in [0.717, 1.165) is 22.4 Å². The topological polar surface area (TPSA) is 31.4 Å². The van der Waals surface area contributed by atoms with E-state index in [0.29, 0.717) is 13.2 Å². The molecule has 1 heterocycles. The van der Waals surface area contributed by atoms with E-state index in [4.69, 9.17) is 9.47 Å². The predicted octanol–water partition coefficient (Wildman–Crippen LogP) is 3.95. The van der Waals surface area contributed by atoms with Gasteiger partial charge in [0.25, 0.3) is 0 Å². The first-order valence-corrected chi connectivity index (χ1v) is 7.29. The lowest BCUT2D eigenvalue weighted by Gasteiger charge is -2.12. The number of rotatable bonds is 6. The summed E-state index contributed by atoms with van der Waals surface area (Å²) < 4.78 is 11.4. The number of pyridine rings is 1. The fraction of sp³-hybridized carbons (Fsp3) is 0.267. The maximum absolute atomic E-state index is 5.81. The van der Waals surface area contributed by atoms with E-state index in [1.807, 2.05) is 37.3 Å². The molecule has 0 amide bonds. The molecule has 0 aliphatic carbocycles. The maximum Gasteiger partial charge on any atom is 0.161 e. The zero-order chi connectivity index (χ0) is 13.5. The molecule has 19 heavy (non-hydrogen) atoms. The summed E-state index contributed by atoms with van der Waals surface area (Å²) in [6.45, 7) is 3.10. The van der Waals surface area contributed by atoms with Gasteiger partial charge in [-0.15, -0.1) is 0 Å². The molecular formula is C15H16BrNO2. The molecule has 0 atom stereocenters. The number of halogens is 1. The molecule has 2 aromatic rings. The highest BCUT2D eigenvalue weighted by molar-refractivity contribution is 9.08. The summed E-state index contributed by atoms with van der Waals surface area (Å²) in [6, 6.07) is 9.85. The highest BCUT2D eigenvalue weighted by Gasteiger charge is 2.06. The number of hydrogen-bond donors (Lipinski definition) is 0. The Balaban J connectivity index is 2.10. The van der Waals surface area contributed by atoms with E-state index in [2.05, 4.69) is 20.9 Å². The highest BCUT2D eigenvalue weighted by atomic mass is 79.9. The number of aromatic nitrogens is 1. The smallest absolute Gasteiger partial charge is 0.161 e. The third-order valence-corrected chi connectivity index (χ3v) is 3.25. The minimum atomic E-state index is 0.510. The van der Waals surface area contributed by atoms with Crippen LogP contribution in [0.15, 0.2) is 42.7 Å². The van der Waals surface area contributed by atoms with Gasteiger partial charge >= 0.3 is 0 Å². The van der Waals surface area contributed by atoms with E-state index in [9.17, 15) is 0 Å². The second-order valence-electron chi connectivity index (χ2n) is 3.99. The van der Waals surface area contributed by atoms with E-state index in [1.165, 1.54) is 5.56 Å². The largest absolute Gasteiger partial charge is 0.490 e. The van der Waals surface area contributed by atoms with Crippen molar-refractivity contribution < 1.29 is 9.47 Å². The first kappa shape index (κ1) is 13.9. The van der Waals surface area contributed by atoms with E-state index in [1.54, 1.807) is 12.4 Å². The average Bonchev–Trinajstić information content (AvgIpc) is 2.47. The van der Waals surface area contributed by atoms with E-state index < -0.39 is 0 Å². The van der Waals surface area contributed by atoms with Crippen LogP contribution >= 0.6 is 15.9 Å². The summed E-state index contributed by atoms with van der Waals surface area (Å²) in [5.41, 5.74) is 2.25. The van der Waals surface area contributed by atoms with Crippen LogP contribution in [0.5, 0.6) is 11.5 Å². The van der Waals surface area contributed by atoms with Crippen molar-refractivity contribution in [3.05, 3.63) is 53.9 Å². The normalized spacial score (nSPS) is 10.2. The van der Waals surface area contributed by atoms with Crippen molar-refractivity contribution in [3.8, 4) is 11.5 Å². The highest BCUT2D eigenvalue weighted by Crippen LogP contribution is 2.29. The molecule has 4 heteroatoms. The molecule has 0 radical (unpaired) electrons. The molecular weight excluding hydrogens is 306 g/mol. The Morgan fingerprint density at radius 3 is 2.47 bits per heavy atom. The van der Waals surface area contributed by atoms with Gasteiger partial charge in [0.05, 0.1) is 6.61 Å². The summed E-state index contributed by atoms with van der Waals surface area (Å²) in [4.78, 5) is 3.98. The molecule has 0 spiro atoms. The zero-order valence-electron chi connectivity index (χ0n) is 10.8. The SMILES string of the molecule is CCOc1cc(CBr)ccc1OCc1ccncc1. The van der Waals surface area contributed by atoms with Crippen molar-refractivity contribution in [2.24, 2.45) is 0 Å². The van der Waals surface area contributed by atoms with E-state index >= 15 is 0 Å². The maximum atomic E-state index is 5.81. The molecule has 100 valence electrons. The van der Waals surface area contributed by atoms with Crippen molar-refractivity contribution in [3.63, 3.8) is 0 Å². The van der Waals surface area contributed by atoms with Gasteiger partial charge in [-0.2, -0.15) is 0 Å². The van der Waals surface area contributed by atoms with Crippen LogP contribution in [-0.2, 0) is 11.9 Å². The average molecular weight is 322 g/mol. The van der Waals surface area contributed by atoms with Crippen LogP contribution in [0.1, 0.15) is 18.1 Å². The summed E-state index contributed by atoms with van der Waals surface area (Å²) in [7, 11) is 0. The molecule has 3 nitrogen and oxygen atoms in total.